The molecule has 8 aliphatic heterocycles. The highest BCUT2D eigenvalue weighted by Crippen LogP contribution is 2.43. The van der Waals surface area contributed by atoms with Crippen LogP contribution in [0.1, 0.15) is 118 Å². The topological polar surface area (TPSA) is 172 Å². The van der Waals surface area contributed by atoms with Crippen molar-refractivity contribution in [2.75, 3.05) is 89.7 Å². The van der Waals surface area contributed by atoms with Gasteiger partial charge in [-0.1, -0.05) is 44.0 Å². The monoisotopic (exact) mass is 1110 g/mol. The number of methoxy groups -OCH3 is 1. The van der Waals surface area contributed by atoms with Crippen molar-refractivity contribution in [2.45, 2.75) is 134 Å². The number of nitrogens with one attached hydrogen (secondary N) is 1. The lowest BCUT2D eigenvalue weighted by atomic mass is 9.95. The van der Waals surface area contributed by atoms with Crippen LogP contribution in [-0.4, -0.2) is 163 Å². The molecule has 81 heavy (non-hydrogen) atoms. The third kappa shape index (κ3) is 11.8. The van der Waals surface area contributed by atoms with Crippen LogP contribution in [-0.2, 0) is 41.6 Å². The second-order valence-corrected chi connectivity index (χ2v) is 22.1. The second kappa shape index (κ2) is 25.5. The standard InChI is InChI=1S/C34H33F2N5O2.C24H30N4O5.C2H6O.C2H6/c1-2-23-25(35)11-9-21-7-3-8-24(27(21)23)30-29(36)31-28-26(37-30)12-10-22-19-42-18-6-17-41(22)32(28)39-33(38-31)43-20-34-13-4-15-40(34)16-5-14-34;29-15-26-9-5-18(6-10-26)33-19-7-11-27(12-8-19)17-1-2-20-16(13-17)14-28(24(20)32)21-3-4-22(30)25-23(21)31;1-3-2;1-2/h1,3,7-9,11,22H,4-6,10,12-20H2;1-2,13,15,18-19,21H,3-12,14H2,(H,25,30,31);1-2H3;1-2H3. The number of imide groups is 1. The molecular weight excluding hydrogens is 1040 g/mol. The first-order chi connectivity index (χ1) is 39.5. The zero-order valence-electron chi connectivity index (χ0n) is 47.2. The van der Waals surface area contributed by atoms with E-state index in [0.717, 1.165) is 128 Å². The molecule has 5 aromatic rings. The fraction of sp³-hybridized carbons (Fsp3) is 0.532. The van der Waals surface area contributed by atoms with Gasteiger partial charge in [-0.2, -0.15) is 9.97 Å². The Hall–Kier alpha value is -6.85. The zero-order valence-corrected chi connectivity index (χ0v) is 47.2. The van der Waals surface area contributed by atoms with Crippen molar-refractivity contribution in [3.8, 4) is 29.6 Å². The van der Waals surface area contributed by atoms with Crippen LogP contribution in [0.5, 0.6) is 6.01 Å². The van der Waals surface area contributed by atoms with E-state index >= 15 is 4.39 Å². The number of carbonyl (C=O) groups excluding carboxylic acids is 4. The van der Waals surface area contributed by atoms with Gasteiger partial charge in [0, 0.05) is 88.7 Å². The van der Waals surface area contributed by atoms with Crippen LogP contribution in [0.25, 0.3) is 32.9 Å². The Labute approximate surface area is 473 Å². The Kier molecular flexibility index (Phi) is 18.1. The molecule has 8 aliphatic rings. The SMILES string of the molecule is C#Cc1c(F)ccc2cccc(-c3nc4c5c(nc(OCC67CCCN6CCC7)nc5c3F)N3CCCOCC3CC4)c12.CC.COC.O=CN1CCC(OC2CCN(c3ccc4c(c3)CN(C3CCC(=O)NC3=O)C4=O)CC2)CC1. The molecule has 0 saturated carbocycles. The van der Waals surface area contributed by atoms with E-state index in [9.17, 15) is 23.6 Å². The summed E-state index contributed by atoms with van der Waals surface area (Å²) in [5.41, 5.74) is 4.19. The van der Waals surface area contributed by atoms with E-state index in [0.29, 0.717) is 78.0 Å². The van der Waals surface area contributed by atoms with Crippen molar-refractivity contribution in [3.63, 3.8) is 0 Å². The van der Waals surface area contributed by atoms with E-state index < -0.39 is 17.7 Å². The van der Waals surface area contributed by atoms with Crippen molar-refractivity contribution >= 4 is 57.3 Å². The van der Waals surface area contributed by atoms with Crippen molar-refractivity contribution in [1.29, 1.82) is 0 Å². The predicted octanol–water partition coefficient (Wildman–Crippen LogP) is 8.00. The van der Waals surface area contributed by atoms with Crippen LogP contribution in [0.15, 0.2) is 48.5 Å². The number of aryl methyl sites for hydroxylation is 1. The summed E-state index contributed by atoms with van der Waals surface area (Å²) in [4.78, 5) is 72.6. The van der Waals surface area contributed by atoms with Gasteiger partial charge in [0.15, 0.2) is 5.82 Å². The number of piperidine rings is 3. The largest absolute Gasteiger partial charge is 0.461 e. The summed E-state index contributed by atoms with van der Waals surface area (Å²) in [6, 6.07) is 14.0. The number of hydrogen-bond donors (Lipinski definition) is 1. The van der Waals surface area contributed by atoms with Gasteiger partial charge in [0.1, 0.15) is 35.5 Å². The summed E-state index contributed by atoms with van der Waals surface area (Å²) in [7, 11) is 3.25. The van der Waals surface area contributed by atoms with E-state index in [4.69, 9.17) is 35.6 Å². The Morgan fingerprint density at radius 3 is 2.28 bits per heavy atom. The predicted molar refractivity (Wildman–Crippen MR) is 305 cm³/mol. The van der Waals surface area contributed by atoms with E-state index in [-0.39, 0.29) is 70.7 Å². The van der Waals surface area contributed by atoms with Crippen molar-refractivity contribution in [3.05, 3.63) is 82.5 Å². The van der Waals surface area contributed by atoms with Gasteiger partial charge in [0.05, 0.1) is 47.0 Å². The number of likely N-dealkylation sites (tertiary alicyclic amines) is 1. The highest BCUT2D eigenvalue weighted by Gasteiger charge is 2.45. The van der Waals surface area contributed by atoms with Crippen LogP contribution in [0.4, 0.5) is 20.3 Å². The van der Waals surface area contributed by atoms with Gasteiger partial charge in [-0.15, -0.1) is 6.42 Å². The smallest absolute Gasteiger partial charge is 0.319 e. The molecule has 13 rings (SSSR count). The molecule has 6 saturated heterocycles. The molecule has 0 radical (unpaired) electrons. The molecule has 2 unspecified atom stereocenters. The Morgan fingerprint density at radius 1 is 0.827 bits per heavy atom. The number of terminal acetylenes is 1. The lowest BCUT2D eigenvalue weighted by molar-refractivity contribution is -0.137. The van der Waals surface area contributed by atoms with E-state index in [1.165, 1.54) is 6.07 Å². The van der Waals surface area contributed by atoms with E-state index in [2.05, 4.69) is 36.7 Å². The van der Waals surface area contributed by atoms with Crippen LogP contribution in [0.3, 0.4) is 0 Å². The fourth-order valence-electron chi connectivity index (χ4n) is 13.2. The number of pyridine rings is 1. The van der Waals surface area contributed by atoms with E-state index in [1.54, 1.807) is 31.3 Å². The number of fused-ring (bicyclic) bond motifs is 5. The summed E-state index contributed by atoms with van der Waals surface area (Å²) in [6.45, 7) is 12.4. The van der Waals surface area contributed by atoms with Crippen molar-refractivity contribution < 1.29 is 46.9 Å². The lowest BCUT2D eigenvalue weighted by Gasteiger charge is -2.37. The average Bonchev–Trinajstić information content (AvgIpc) is 4.15. The van der Waals surface area contributed by atoms with Crippen molar-refractivity contribution in [1.82, 2.24) is 35.0 Å². The maximum absolute atomic E-state index is 16.9. The maximum Gasteiger partial charge on any atom is 0.319 e. The van der Waals surface area contributed by atoms with Crippen LogP contribution < -0.4 is 19.9 Å². The number of carbonyl (C=O) groups is 4. The average molecular weight is 1110 g/mol. The molecule has 0 aliphatic carbocycles. The van der Waals surface area contributed by atoms with Gasteiger partial charge in [-0.25, -0.2) is 13.8 Å². The molecule has 2 aromatic heterocycles. The third-order valence-corrected chi connectivity index (χ3v) is 17.2. The normalized spacial score (nSPS) is 21.7. The summed E-state index contributed by atoms with van der Waals surface area (Å²) in [5.74, 6) is 1.22. The van der Waals surface area contributed by atoms with Crippen LogP contribution in [0, 0.1) is 24.0 Å². The lowest BCUT2D eigenvalue weighted by Crippen LogP contribution is -2.52. The number of anilines is 2. The maximum atomic E-state index is 16.9. The minimum atomic E-state index is -0.586. The quantitative estimate of drug-likeness (QED) is 0.0855. The summed E-state index contributed by atoms with van der Waals surface area (Å²) >= 11 is 0. The second-order valence-electron chi connectivity index (χ2n) is 22.1. The molecule has 0 bridgehead atoms. The van der Waals surface area contributed by atoms with Crippen LogP contribution in [0.2, 0.25) is 0 Å². The number of benzene rings is 3. The minimum absolute atomic E-state index is 0.00280. The fourth-order valence-corrected chi connectivity index (χ4v) is 13.2. The molecule has 4 amide bonds. The molecule has 0 spiro atoms. The number of nitrogens with zero attached hydrogens (tertiary/aromatic N) is 8. The molecule has 2 atom stereocenters. The number of aromatic nitrogens is 3. The molecular formula is C62H75F2N9O8. The van der Waals surface area contributed by atoms with Gasteiger partial charge in [-0.3, -0.25) is 29.4 Å². The van der Waals surface area contributed by atoms with Gasteiger partial charge >= 0.3 is 6.01 Å². The molecule has 1 N–H and O–H groups in total. The molecule has 430 valence electrons. The first-order valence-electron chi connectivity index (χ1n) is 29.1. The molecule has 10 heterocycles. The zero-order chi connectivity index (χ0) is 56.8. The molecule has 6 fully saturated rings. The summed E-state index contributed by atoms with van der Waals surface area (Å²) in [6.07, 6.45) is 18.2. The minimum Gasteiger partial charge on any atom is -0.461 e. The first-order valence-corrected chi connectivity index (χ1v) is 29.1. The Balaban J connectivity index is 0.000000174. The third-order valence-electron chi connectivity index (χ3n) is 17.2. The number of amides is 4. The van der Waals surface area contributed by atoms with Crippen LogP contribution >= 0.6 is 0 Å². The summed E-state index contributed by atoms with van der Waals surface area (Å²) < 4.78 is 54.7. The van der Waals surface area contributed by atoms with Gasteiger partial charge in [-0.05, 0) is 125 Å². The highest BCUT2D eigenvalue weighted by molar-refractivity contribution is 6.06. The number of halogens is 2. The molecule has 3 aromatic carbocycles. The Bertz CT molecular complexity index is 3170. The summed E-state index contributed by atoms with van der Waals surface area (Å²) in [5, 5.41) is 4.14. The Morgan fingerprint density at radius 2 is 1.57 bits per heavy atom. The number of hydrogen-bond acceptors (Lipinski definition) is 14. The van der Waals surface area contributed by atoms with Crippen molar-refractivity contribution in [2.24, 2.45) is 0 Å². The first kappa shape index (κ1) is 57.4. The molecule has 19 heteroatoms. The van der Waals surface area contributed by atoms with Gasteiger partial charge in [0.2, 0.25) is 18.2 Å². The van der Waals surface area contributed by atoms with Gasteiger partial charge in [0.25, 0.3) is 5.91 Å². The number of ether oxygens (including phenoxy) is 4. The van der Waals surface area contributed by atoms with E-state index in [1.807, 2.05) is 43.0 Å². The van der Waals surface area contributed by atoms with Gasteiger partial charge < -0.3 is 38.5 Å². The molecule has 17 nitrogen and oxygen atoms in total. The number of rotatable bonds is 9. The highest BCUT2D eigenvalue weighted by atomic mass is 19.1.